The molecule has 2 aromatic carbocycles. The molecule has 1 aliphatic rings. The number of nitrogens with one attached hydrogen (secondary N) is 1. The summed E-state index contributed by atoms with van der Waals surface area (Å²) in [5.74, 6) is -1.02. The van der Waals surface area contributed by atoms with Gasteiger partial charge in [-0.15, -0.1) is 11.8 Å². The van der Waals surface area contributed by atoms with Gasteiger partial charge in [0.15, 0.2) is 6.61 Å². The van der Waals surface area contributed by atoms with Crippen LogP contribution < -0.4 is 10.1 Å². The van der Waals surface area contributed by atoms with Gasteiger partial charge in [-0.1, -0.05) is 18.2 Å². The lowest BCUT2D eigenvalue weighted by Crippen LogP contribution is -2.36. The van der Waals surface area contributed by atoms with Crippen LogP contribution in [-0.4, -0.2) is 54.4 Å². The number of hydrogen-bond donors (Lipinski definition) is 1. The fraction of sp³-hybridized carbons (Fsp3) is 0.182. The van der Waals surface area contributed by atoms with Crippen LogP contribution in [0.2, 0.25) is 0 Å². The summed E-state index contributed by atoms with van der Waals surface area (Å²) in [6.45, 7) is -0.579. The van der Waals surface area contributed by atoms with E-state index < -0.39 is 23.0 Å². The number of hydrogen-bond acceptors (Lipinski definition) is 8. The van der Waals surface area contributed by atoms with Gasteiger partial charge in [-0.3, -0.25) is 19.3 Å². The number of benzene rings is 2. The summed E-state index contributed by atoms with van der Waals surface area (Å²) >= 11 is 2.32. The lowest BCUT2D eigenvalue weighted by Gasteiger charge is -2.12. The molecule has 0 atom stereocenters. The molecule has 32 heavy (non-hydrogen) atoms. The van der Waals surface area contributed by atoms with Gasteiger partial charge in [-0.25, -0.2) is 4.79 Å². The van der Waals surface area contributed by atoms with Gasteiger partial charge in [0.1, 0.15) is 12.3 Å². The Morgan fingerprint density at radius 1 is 1.16 bits per heavy atom. The number of imide groups is 1. The Kier molecular flexibility index (Phi) is 7.96. The van der Waals surface area contributed by atoms with E-state index >= 15 is 0 Å². The molecule has 3 rings (SSSR count). The quantitative estimate of drug-likeness (QED) is 0.353. The fourth-order valence-electron chi connectivity index (χ4n) is 2.69. The molecule has 1 fully saturated rings. The van der Waals surface area contributed by atoms with Crippen molar-refractivity contribution in [3.63, 3.8) is 0 Å². The summed E-state index contributed by atoms with van der Waals surface area (Å²) < 4.78 is 9.78. The zero-order valence-electron chi connectivity index (χ0n) is 17.3. The van der Waals surface area contributed by atoms with Crippen molar-refractivity contribution in [2.75, 3.05) is 31.8 Å². The average molecular weight is 473 g/mol. The lowest BCUT2D eigenvalue weighted by molar-refractivity contribution is -0.142. The van der Waals surface area contributed by atoms with Crippen LogP contribution in [0.15, 0.2) is 58.3 Å². The third-order valence-corrected chi connectivity index (χ3v) is 5.92. The van der Waals surface area contributed by atoms with Crippen molar-refractivity contribution >= 4 is 58.3 Å². The molecule has 0 aromatic heterocycles. The minimum atomic E-state index is -0.529. The van der Waals surface area contributed by atoms with E-state index in [1.807, 2.05) is 24.5 Å². The van der Waals surface area contributed by atoms with Crippen LogP contribution in [0.4, 0.5) is 10.5 Å². The predicted octanol–water partition coefficient (Wildman–Crippen LogP) is 3.64. The van der Waals surface area contributed by atoms with Crippen LogP contribution in [0, 0.1) is 0 Å². The predicted molar refractivity (Wildman–Crippen MR) is 123 cm³/mol. The number of nitrogens with zero attached hydrogens (tertiary/aromatic N) is 1. The fourth-order valence-corrected chi connectivity index (χ4v) is 3.99. The third kappa shape index (κ3) is 6.14. The summed E-state index contributed by atoms with van der Waals surface area (Å²) in [5.41, 5.74) is 1.26. The summed E-state index contributed by atoms with van der Waals surface area (Å²) in [4.78, 5) is 50.5. The Balaban J connectivity index is 1.61. The molecule has 0 saturated carbocycles. The van der Waals surface area contributed by atoms with E-state index in [0.717, 1.165) is 21.6 Å². The van der Waals surface area contributed by atoms with Gasteiger partial charge in [0, 0.05) is 10.6 Å². The highest BCUT2D eigenvalue weighted by Gasteiger charge is 2.36. The maximum Gasteiger partial charge on any atom is 0.343 e. The molecule has 0 spiro atoms. The molecular formula is C22H20N2O6S2. The zero-order chi connectivity index (χ0) is 23.1. The highest BCUT2D eigenvalue weighted by Crippen LogP contribution is 2.32. The Bertz CT molecular complexity index is 1070. The summed E-state index contributed by atoms with van der Waals surface area (Å²) in [6.07, 6.45) is 3.49. The summed E-state index contributed by atoms with van der Waals surface area (Å²) in [7, 11) is 1.27. The van der Waals surface area contributed by atoms with Gasteiger partial charge < -0.3 is 14.8 Å². The lowest BCUT2D eigenvalue weighted by atomic mass is 10.2. The van der Waals surface area contributed by atoms with Crippen molar-refractivity contribution in [3.05, 3.63) is 59.0 Å². The second kappa shape index (κ2) is 10.9. The molecule has 0 radical (unpaired) electrons. The van der Waals surface area contributed by atoms with Crippen LogP contribution in [0.1, 0.15) is 5.56 Å². The number of rotatable bonds is 8. The van der Waals surface area contributed by atoms with Crippen LogP contribution in [0.5, 0.6) is 5.75 Å². The average Bonchev–Trinajstić information content (AvgIpc) is 3.05. The van der Waals surface area contributed by atoms with Crippen LogP contribution in [0.3, 0.4) is 0 Å². The summed E-state index contributed by atoms with van der Waals surface area (Å²) in [5, 5.41) is 2.20. The first-order valence-electron chi connectivity index (χ1n) is 9.38. The molecule has 1 heterocycles. The molecule has 10 heteroatoms. The smallest absolute Gasteiger partial charge is 0.343 e. The highest BCUT2D eigenvalue weighted by molar-refractivity contribution is 8.18. The molecule has 8 nitrogen and oxygen atoms in total. The molecule has 0 aliphatic carbocycles. The van der Waals surface area contributed by atoms with Crippen molar-refractivity contribution in [1.29, 1.82) is 0 Å². The van der Waals surface area contributed by atoms with Gasteiger partial charge in [0.2, 0.25) is 5.91 Å². The molecular weight excluding hydrogens is 452 g/mol. The molecule has 166 valence electrons. The first-order chi connectivity index (χ1) is 15.4. The van der Waals surface area contributed by atoms with Gasteiger partial charge in [0.05, 0.1) is 12.0 Å². The monoisotopic (exact) mass is 472 g/mol. The molecule has 3 amide bonds. The van der Waals surface area contributed by atoms with Gasteiger partial charge in [0.25, 0.3) is 11.1 Å². The zero-order valence-corrected chi connectivity index (χ0v) is 19.0. The van der Waals surface area contributed by atoms with Crippen molar-refractivity contribution in [1.82, 2.24) is 4.90 Å². The van der Waals surface area contributed by atoms with Crippen molar-refractivity contribution in [2.24, 2.45) is 0 Å². The SMILES string of the molecule is COC(=O)COc1ccc(/C=C2\SC(=O)N(CC(=O)Nc3cccc(SC)c3)C2=O)cc1. The van der Waals surface area contributed by atoms with Crippen molar-refractivity contribution < 1.29 is 28.7 Å². The molecule has 0 unspecified atom stereocenters. The number of ether oxygens (including phenoxy) is 2. The van der Waals surface area contributed by atoms with Crippen molar-refractivity contribution in [2.45, 2.75) is 4.90 Å². The Hall–Kier alpha value is -3.24. The second-order valence-electron chi connectivity index (χ2n) is 6.48. The van der Waals surface area contributed by atoms with E-state index in [0.29, 0.717) is 17.0 Å². The molecule has 2 aromatic rings. The van der Waals surface area contributed by atoms with E-state index in [1.54, 1.807) is 48.2 Å². The maximum absolute atomic E-state index is 12.6. The van der Waals surface area contributed by atoms with Crippen molar-refractivity contribution in [3.8, 4) is 5.75 Å². The second-order valence-corrected chi connectivity index (χ2v) is 8.35. The van der Waals surface area contributed by atoms with Gasteiger partial charge >= 0.3 is 5.97 Å². The third-order valence-electron chi connectivity index (χ3n) is 4.29. The maximum atomic E-state index is 12.6. The standard InChI is InChI=1S/C22H20N2O6S2/c1-29-20(26)13-30-16-8-6-14(7-9-16)10-18-21(27)24(22(28)32-18)12-19(25)23-15-4-3-5-17(11-15)31-2/h3-11H,12-13H2,1-2H3,(H,23,25)/b18-10-. The van der Waals surface area contributed by atoms with Crippen LogP contribution in [-0.2, 0) is 19.1 Å². The minimum Gasteiger partial charge on any atom is -0.482 e. The number of carbonyl (C=O) groups excluding carboxylic acids is 4. The summed E-state index contributed by atoms with van der Waals surface area (Å²) in [6, 6.07) is 13.9. The van der Waals surface area contributed by atoms with E-state index in [4.69, 9.17) is 4.74 Å². The number of methoxy groups -OCH3 is 1. The van der Waals surface area contributed by atoms with Gasteiger partial charge in [-0.05, 0) is 60.0 Å². The first-order valence-corrected chi connectivity index (χ1v) is 11.4. The molecule has 0 bridgehead atoms. The molecule has 1 aliphatic heterocycles. The Morgan fingerprint density at radius 2 is 1.91 bits per heavy atom. The first kappa shape index (κ1) is 23.4. The topological polar surface area (TPSA) is 102 Å². The molecule has 1 N–H and O–H groups in total. The van der Waals surface area contributed by atoms with Crippen LogP contribution >= 0.6 is 23.5 Å². The largest absolute Gasteiger partial charge is 0.482 e. The normalized spacial score (nSPS) is 14.6. The van der Waals surface area contributed by atoms with E-state index in [9.17, 15) is 19.2 Å². The number of carbonyl (C=O) groups is 4. The number of anilines is 1. The van der Waals surface area contributed by atoms with Gasteiger partial charge in [-0.2, -0.15) is 0 Å². The Morgan fingerprint density at radius 3 is 2.59 bits per heavy atom. The van der Waals surface area contributed by atoms with E-state index in [1.165, 1.54) is 7.11 Å². The van der Waals surface area contributed by atoms with E-state index in [-0.39, 0.29) is 18.1 Å². The van der Waals surface area contributed by atoms with Crippen LogP contribution in [0.25, 0.3) is 6.08 Å². The number of esters is 1. The number of thioether (sulfide) groups is 2. The number of amides is 3. The minimum absolute atomic E-state index is 0.210. The van der Waals surface area contributed by atoms with E-state index in [2.05, 4.69) is 10.1 Å². The molecule has 1 saturated heterocycles. The Labute approximate surface area is 193 Å². The highest BCUT2D eigenvalue weighted by atomic mass is 32.2.